The Bertz CT molecular complexity index is 458. The first-order valence-electron chi connectivity index (χ1n) is 6.30. The van der Waals surface area contributed by atoms with Crippen molar-refractivity contribution in [2.24, 2.45) is 5.92 Å². The fourth-order valence-electron chi connectivity index (χ4n) is 2.96. The third kappa shape index (κ3) is 1.94. The van der Waals surface area contributed by atoms with Crippen LogP contribution in [-0.2, 0) is 11.2 Å². The lowest BCUT2D eigenvalue weighted by Crippen LogP contribution is -2.29. The molecule has 2 aliphatic rings. The number of carbonyl (C=O) groups is 1. The van der Waals surface area contributed by atoms with E-state index in [4.69, 9.17) is 0 Å². The van der Waals surface area contributed by atoms with Crippen molar-refractivity contribution in [1.29, 1.82) is 0 Å². The minimum atomic E-state index is -0.187. The van der Waals surface area contributed by atoms with Crippen molar-refractivity contribution in [3.05, 3.63) is 29.6 Å². The largest absolute Gasteiger partial charge is 0.370 e. The van der Waals surface area contributed by atoms with Crippen LogP contribution in [0.15, 0.2) is 18.2 Å². The molecule has 90 valence electrons. The molecule has 1 atom stereocenters. The lowest BCUT2D eigenvalue weighted by molar-refractivity contribution is -0.120. The van der Waals surface area contributed by atoms with Crippen LogP contribution in [0.5, 0.6) is 0 Å². The molecule has 1 aliphatic heterocycles. The predicted octanol–water partition coefficient (Wildman–Crippen LogP) is 2.56. The van der Waals surface area contributed by atoms with Crippen molar-refractivity contribution in [1.82, 2.24) is 0 Å². The number of rotatable bonds is 2. The average Bonchev–Trinajstić information content (AvgIpc) is 2.88. The van der Waals surface area contributed by atoms with Gasteiger partial charge in [-0.15, -0.1) is 0 Å². The highest BCUT2D eigenvalue weighted by Gasteiger charge is 2.29. The van der Waals surface area contributed by atoms with Crippen LogP contribution in [0.3, 0.4) is 0 Å². The molecule has 0 N–H and O–H groups in total. The first-order chi connectivity index (χ1) is 8.24. The summed E-state index contributed by atoms with van der Waals surface area (Å²) in [5.74, 6) is 0.368. The fraction of sp³-hybridized carbons (Fsp3) is 0.500. The highest BCUT2D eigenvalue weighted by Crippen LogP contribution is 2.31. The summed E-state index contributed by atoms with van der Waals surface area (Å²) in [6.45, 7) is 1.69. The number of nitrogens with zero attached hydrogens (tertiary/aromatic N) is 1. The normalized spacial score (nSPS) is 23.2. The molecule has 3 rings (SSSR count). The van der Waals surface area contributed by atoms with Crippen LogP contribution in [0.1, 0.15) is 24.8 Å². The zero-order valence-electron chi connectivity index (χ0n) is 9.79. The van der Waals surface area contributed by atoms with Gasteiger partial charge < -0.3 is 4.90 Å². The van der Waals surface area contributed by atoms with Gasteiger partial charge in [0.2, 0.25) is 0 Å². The van der Waals surface area contributed by atoms with Crippen molar-refractivity contribution in [2.75, 3.05) is 18.0 Å². The quantitative estimate of drug-likeness (QED) is 0.782. The third-order valence-electron chi connectivity index (χ3n) is 3.91. The lowest BCUT2D eigenvalue weighted by Gasteiger charge is -2.22. The summed E-state index contributed by atoms with van der Waals surface area (Å²) in [4.78, 5) is 13.8. The van der Waals surface area contributed by atoms with Crippen LogP contribution in [0.25, 0.3) is 0 Å². The topological polar surface area (TPSA) is 20.3 Å². The van der Waals surface area contributed by atoms with Gasteiger partial charge in [0.05, 0.1) is 0 Å². The van der Waals surface area contributed by atoms with Gasteiger partial charge in [0.15, 0.2) is 0 Å². The first-order valence-corrected chi connectivity index (χ1v) is 6.30. The molecule has 17 heavy (non-hydrogen) atoms. The van der Waals surface area contributed by atoms with Gasteiger partial charge >= 0.3 is 0 Å². The highest BCUT2D eigenvalue weighted by atomic mass is 19.1. The van der Waals surface area contributed by atoms with E-state index in [2.05, 4.69) is 4.90 Å². The second kappa shape index (κ2) is 4.13. The third-order valence-corrected chi connectivity index (χ3v) is 3.91. The van der Waals surface area contributed by atoms with Gasteiger partial charge in [0, 0.05) is 31.1 Å². The van der Waals surface area contributed by atoms with Crippen molar-refractivity contribution in [3.8, 4) is 0 Å². The van der Waals surface area contributed by atoms with Crippen LogP contribution in [0.4, 0.5) is 10.1 Å². The van der Waals surface area contributed by atoms with Gasteiger partial charge in [-0.25, -0.2) is 4.39 Å². The molecule has 0 spiro atoms. The number of carbonyl (C=O) groups excluding carboxylic acids is 1. The Morgan fingerprint density at radius 2 is 2.24 bits per heavy atom. The monoisotopic (exact) mass is 233 g/mol. The number of ketones is 1. The number of benzene rings is 1. The Labute approximate surface area is 100 Å². The molecule has 1 unspecified atom stereocenters. The Hall–Kier alpha value is -1.38. The lowest BCUT2D eigenvalue weighted by atomic mass is 10.1. The Kier molecular flexibility index (Phi) is 2.61. The van der Waals surface area contributed by atoms with Crippen LogP contribution < -0.4 is 4.90 Å². The van der Waals surface area contributed by atoms with Gasteiger partial charge in [-0.1, -0.05) is 6.07 Å². The summed E-state index contributed by atoms with van der Waals surface area (Å²) in [7, 11) is 0. The van der Waals surface area contributed by atoms with Crippen molar-refractivity contribution in [3.63, 3.8) is 0 Å². The van der Waals surface area contributed by atoms with Gasteiger partial charge in [-0.2, -0.15) is 0 Å². The molecule has 1 aromatic rings. The predicted molar refractivity (Wildman–Crippen MR) is 64.7 cm³/mol. The molecular formula is C14H16FNO. The summed E-state index contributed by atoms with van der Waals surface area (Å²) >= 11 is 0. The summed E-state index contributed by atoms with van der Waals surface area (Å²) in [6, 6.07) is 4.98. The molecule has 0 radical (unpaired) electrons. The summed E-state index contributed by atoms with van der Waals surface area (Å²) in [5, 5.41) is 0. The highest BCUT2D eigenvalue weighted by molar-refractivity contribution is 5.83. The Balaban J connectivity index is 1.79. The van der Waals surface area contributed by atoms with E-state index in [1.54, 1.807) is 6.07 Å². The number of hydrogen-bond acceptors (Lipinski definition) is 2. The first kappa shape index (κ1) is 10.8. The van der Waals surface area contributed by atoms with Gasteiger partial charge in [-0.05, 0) is 37.0 Å². The minimum absolute atomic E-state index is 0.171. The molecule has 1 fully saturated rings. The number of halogens is 1. The van der Waals surface area contributed by atoms with E-state index in [1.165, 1.54) is 11.6 Å². The standard InChI is InChI=1S/C14H16FNO/c15-12-5-4-10-6-7-16(13(10)8-12)9-11-2-1-3-14(11)17/h4-5,8,11H,1-3,6-7,9H2. The number of anilines is 1. The molecule has 1 aliphatic carbocycles. The molecule has 1 heterocycles. The Morgan fingerprint density at radius 1 is 1.35 bits per heavy atom. The molecule has 1 saturated carbocycles. The maximum Gasteiger partial charge on any atom is 0.137 e. The van der Waals surface area contributed by atoms with Gasteiger partial charge in [-0.3, -0.25) is 4.79 Å². The Morgan fingerprint density at radius 3 is 3.00 bits per heavy atom. The molecule has 0 bridgehead atoms. The van der Waals surface area contributed by atoms with E-state index in [0.29, 0.717) is 5.78 Å². The number of fused-ring (bicyclic) bond motifs is 1. The molecule has 3 heteroatoms. The second-order valence-corrected chi connectivity index (χ2v) is 5.02. The van der Waals surface area contributed by atoms with Crippen LogP contribution >= 0.6 is 0 Å². The molecular weight excluding hydrogens is 217 g/mol. The van der Waals surface area contributed by atoms with E-state index in [9.17, 15) is 9.18 Å². The van der Waals surface area contributed by atoms with Crippen molar-refractivity contribution < 1.29 is 9.18 Å². The smallest absolute Gasteiger partial charge is 0.137 e. The maximum atomic E-state index is 13.2. The van der Waals surface area contributed by atoms with E-state index < -0.39 is 0 Å². The van der Waals surface area contributed by atoms with Crippen molar-refractivity contribution in [2.45, 2.75) is 25.7 Å². The van der Waals surface area contributed by atoms with Crippen molar-refractivity contribution >= 4 is 11.5 Å². The zero-order chi connectivity index (χ0) is 11.8. The SMILES string of the molecule is O=C1CCCC1CN1CCc2ccc(F)cc21. The molecule has 2 nitrogen and oxygen atoms in total. The van der Waals surface area contributed by atoms with E-state index in [1.807, 2.05) is 6.07 Å². The number of Topliss-reactive ketones (excluding diaryl/α,β-unsaturated/α-hetero) is 1. The summed E-state index contributed by atoms with van der Waals surface area (Å²) in [5.41, 5.74) is 2.20. The molecule has 0 saturated heterocycles. The summed E-state index contributed by atoms with van der Waals surface area (Å²) < 4.78 is 13.2. The van der Waals surface area contributed by atoms with Crippen LogP contribution in [0.2, 0.25) is 0 Å². The second-order valence-electron chi connectivity index (χ2n) is 5.02. The number of hydrogen-bond donors (Lipinski definition) is 0. The van der Waals surface area contributed by atoms with E-state index in [0.717, 1.165) is 44.5 Å². The fourth-order valence-corrected chi connectivity index (χ4v) is 2.96. The van der Waals surface area contributed by atoms with Gasteiger partial charge in [0.1, 0.15) is 11.6 Å². The maximum absolute atomic E-state index is 13.2. The molecule has 0 amide bonds. The average molecular weight is 233 g/mol. The zero-order valence-corrected chi connectivity index (χ0v) is 9.79. The minimum Gasteiger partial charge on any atom is -0.370 e. The van der Waals surface area contributed by atoms with E-state index >= 15 is 0 Å². The molecule has 1 aromatic carbocycles. The van der Waals surface area contributed by atoms with Gasteiger partial charge in [0.25, 0.3) is 0 Å². The van der Waals surface area contributed by atoms with Crippen LogP contribution in [-0.4, -0.2) is 18.9 Å². The molecule has 0 aromatic heterocycles. The van der Waals surface area contributed by atoms with E-state index in [-0.39, 0.29) is 11.7 Å². The summed E-state index contributed by atoms with van der Waals surface area (Å²) in [6.07, 6.45) is 3.72. The van der Waals surface area contributed by atoms with Crippen LogP contribution in [0, 0.1) is 11.7 Å².